The summed E-state index contributed by atoms with van der Waals surface area (Å²) in [4.78, 5) is 9.08. The van der Waals surface area contributed by atoms with Crippen molar-refractivity contribution in [3.05, 3.63) is 83.9 Å². The van der Waals surface area contributed by atoms with Crippen LogP contribution in [0.3, 0.4) is 0 Å². The molecule has 0 aliphatic rings. The van der Waals surface area contributed by atoms with E-state index in [0.29, 0.717) is 28.5 Å². The smallest absolute Gasteiger partial charge is 0.160 e. The summed E-state index contributed by atoms with van der Waals surface area (Å²) >= 11 is 6.15. The topological polar surface area (TPSA) is 39.9 Å². The highest BCUT2D eigenvalue weighted by Crippen LogP contribution is 2.37. The molecule has 0 aliphatic heterocycles. The second-order valence-electron chi connectivity index (χ2n) is 7.30. The molecule has 2 aromatic carbocycles. The van der Waals surface area contributed by atoms with Crippen molar-refractivity contribution in [1.29, 1.82) is 0 Å². The summed E-state index contributed by atoms with van der Waals surface area (Å²) in [5.74, 6) is -0.374. The molecule has 0 radical (unpaired) electrons. The molecule has 0 saturated heterocycles. The monoisotopic (exact) mass is 431 g/mol. The first-order valence-electron chi connectivity index (χ1n) is 9.94. The van der Waals surface area contributed by atoms with Crippen molar-refractivity contribution in [2.45, 2.75) is 6.54 Å². The van der Waals surface area contributed by atoms with Gasteiger partial charge in [-0.1, -0.05) is 29.8 Å². The van der Waals surface area contributed by atoms with Crippen molar-refractivity contribution >= 4 is 33.5 Å². The van der Waals surface area contributed by atoms with E-state index in [2.05, 4.69) is 32.9 Å². The molecule has 0 aliphatic carbocycles. The Morgan fingerprint density at radius 1 is 0.968 bits per heavy atom. The van der Waals surface area contributed by atoms with Crippen molar-refractivity contribution < 1.29 is 9.13 Å². The highest BCUT2D eigenvalue weighted by atomic mass is 35.5. The Bertz CT molecular complexity index is 1410. The van der Waals surface area contributed by atoms with Crippen LogP contribution in [0.25, 0.3) is 44.3 Å². The van der Waals surface area contributed by atoms with Gasteiger partial charge in [0.05, 0.1) is 12.3 Å². The quantitative estimate of drug-likeness (QED) is 0.325. The molecule has 5 rings (SSSR count). The third-order valence-electron chi connectivity index (χ3n) is 5.40. The largest absolute Gasteiger partial charge is 0.383 e. The lowest BCUT2D eigenvalue weighted by Gasteiger charge is -2.10. The van der Waals surface area contributed by atoms with E-state index < -0.39 is 0 Å². The molecule has 4 nitrogen and oxygen atoms in total. The maximum atomic E-state index is 14.6. The molecule has 0 spiro atoms. The highest BCUT2D eigenvalue weighted by Gasteiger charge is 2.17. The number of fused-ring (bicyclic) bond motifs is 2. The van der Waals surface area contributed by atoms with Gasteiger partial charge in [0.15, 0.2) is 5.65 Å². The number of benzene rings is 2. The third-order valence-corrected chi connectivity index (χ3v) is 5.64. The van der Waals surface area contributed by atoms with E-state index in [-0.39, 0.29) is 5.82 Å². The van der Waals surface area contributed by atoms with Gasteiger partial charge in [-0.15, -0.1) is 0 Å². The zero-order valence-electron chi connectivity index (χ0n) is 16.8. The molecule has 0 saturated carbocycles. The maximum absolute atomic E-state index is 14.6. The van der Waals surface area contributed by atoms with Crippen LogP contribution in [-0.2, 0) is 11.3 Å². The molecule has 154 valence electrons. The van der Waals surface area contributed by atoms with E-state index >= 15 is 0 Å². The molecule has 3 heterocycles. The molecule has 6 heteroatoms. The lowest BCUT2D eigenvalue weighted by atomic mass is 9.99. The lowest BCUT2D eigenvalue weighted by molar-refractivity contribution is 0.188. The standard InChI is InChI=1S/C25H19ClFN3O/c1-31-12-11-30-15-21(17-5-2-3-7-24(17)30)19-14-23(20-13-16(26)8-9-22(20)27)29-25-18(19)6-4-10-28-25/h2-10,13-15H,11-12H2,1H3. The first kappa shape index (κ1) is 19.7. The summed E-state index contributed by atoms with van der Waals surface area (Å²) in [6, 6.07) is 18.5. The Morgan fingerprint density at radius 3 is 2.68 bits per heavy atom. The number of pyridine rings is 2. The Morgan fingerprint density at radius 2 is 1.81 bits per heavy atom. The predicted octanol–water partition coefficient (Wildman–Crippen LogP) is 6.36. The van der Waals surface area contributed by atoms with Crippen LogP contribution in [-0.4, -0.2) is 28.3 Å². The first-order chi connectivity index (χ1) is 15.2. The molecule has 31 heavy (non-hydrogen) atoms. The number of methoxy groups -OCH3 is 1. The average Bonchev–Trinajstić information content (AvgIpc) is 3.17. The molecule has 3 aromatic heterocycles. The summed E-state index contributed by atoms with van der Waals surface area (Å²) < 4.78 is 22.1. The number of hydrogen-bond donors (Lipinski definition) is 0. The van der Waals surface area contributed by atoms with Gasteiger partial charge in [-0.2, -0.15) is 0 Å². The Labute approximate surface area is 183 Å². The first-order valence-corrected chi connectivity index (χ1v) is 10.3. The van der Waals surface area contributed by atoms with Crippen LogP contribution < -0.4 is 0 Å². The van der Waals surface area contributed by atoms with Crippen LogP contribution in [0, 0.1) is 5.82 Å². The summed E-state index contributed by atoms with van der Waals surface area (Å²) in [6.07, 6.45) is 3.81. The van der Waals surface area contributed by atoms with Crippen molar-refractivity contribution in [2.75, 3.05) is 13.7 Å². The van der Waals surface area contributed by atoms with Gasteiger partial charge in [-0.3, -0.25) is 0 Å². The minimum absolute atomic E-state index is 0.351. The molecule has 0 N–H and O–H groups in total. The molecule has 0 bridgehead atoms. The predicted molar refractivity (Wildman–Crippen MR) is 123 cm³/mol. The van der Waals surface area contributed by atoms with E-state index in [9.17, 15) is 4.39 Å². The van der Waals surface area contributed by atoms with E-state index in [1.54, 1.807) is 19.4 Å². The number of para-hydroxylation sites is 1. The molecule has 0 atom stereocenters. The number of ether oxygens (including phenoxy) is 1. The van der Waals surface area contributed by atoms with Gasteiger partial charge >= 0.3 is 0 Å². The number of nitrogens with zero attached hydrogens (tertiary/aromatic N) is 3. The fraction of sp³-hybridized carbons (Fsp3) is 0.120. The fourth-order valence-corrected chi connectivity index (χ4v) is 4.12. The maximum Gasteiger partial charge on any atom is 0.160 e. The minimum Gasteiger partial charge on any atom is -0.383 e. The van der Waals surface area contributed by atoms with Crippen LogP contribution in [0.15, 0.2) is 73.1 Å². The Balaban J connectivity index is 1.80. The Hall–Kier alpha value is -3.28. The third kappa shape index (κ3) is 3.56. The van der Waals surface area contributed by atoms with Gasteiger partial charge < -0.3 is 9.30 Å². The normalized spacial score (nSPS) is 11.5. The number of rotatable bonds is 5. The highest BCUT2D eigenvalue weighted by molar-refractivity contribution is 6.30. The molecule has 5 aromatic rings. The second-order valence-corrected chi connectivity index (χ2v) is 7.74. The van der Waals surface area contributed by atoms with Crippen molar-refractivity contribution in [2.24, 2.45) is 0 Å². The Kier molecular flexibility index (Phi) is 5.14. The molecular formula is C25H19ClFN3O. The average molecular weight is 432 g/mol. The van der Waals surface area contributed by atoms with Crippen molar-refractivity contribution in [3.8, 4) is 22.4 Å². The van der Waals surface area contributed by atoms with E-state index in [0.717, 1.165) is 34.0 Å². The molecule has 0 fully saturated rings. The summed E-state index contributed by atoms with van der Waals surface area (Å²) in [5.41, 5.74) is 4.50. The summed E-state index contributed by atoms with van der Waals surface area (Å²) in [7, 11) is 1.69. The zero-order chi connectivity index (χ0) is 21.4. The van der Waals surface area contributed by atoms with Gasteiger partial charge in [-0.05, 0) is 48.0 Å². The minimum atomic E-state index is -0.374. The molecule has 0 unspecified atom stereocenters. The summed E-state index contributed by atoms with van der Waals surface area (Å²) in [6.45, 7) is 1.34. The SMILES string of the molecule is COCCn1cc(-c2cc(-c3cc(Cl)ccc3F)nc3ncccc23)c2ccccc21. The van der Waals surface area contributed by atoms with Gasteiger partial charge in [0.2, 0.25) is 0 Å². The number of halogens is 2. The van der Waals surface area contributed by atoms with Crippen LogP contribution in [0.2, 0.25) is 5.02 Å². The van der Waals surface area contributed by atoms with Gasteiger partial charge in [0.1, 0.15) is 5.82 Å². The van der Waals surface area contributed by atoms with Crippen LogP contribution in [0.5, 0.6) is 0 Å². The van der Waals surface area contributed by atoms with E-state index in [4.69, 9.17) is 16.3 Å². The van der Waals surface area contributed by atoms with Crippen LogP contribution >= 0.6 is 11.6 Å². The molecule has 0 amide bonds. The fourth-order valence-electron chi connectivity index (χ4n) is 3.95. The number of aromatic nitrogens is 3. The van der Waals surface area contributed by atoms with Gasteiger partial charge in [-0.25, -0.2) is 14.4 Å². The van der Waals surface area contributed by atoms with E-state index in [1.807, 2.05) is 30.3 Å². The lowest BCUT2D eigenvalue weighted by Crippen LogP contribution is -2.02. The van der Waals surface area contributed by atoms with Crippen molar-refractivity contribution in [1.82, 2.24) is 14.5 Å². The summed E-state index contributed by atoms with van der Waals surface area (Å²) in [5, 5.41) is 2.47. The van der Waals surface area contributed by atoms with Gasteiger partial charge in [0.25, 0.3) is 0 Å². The second kappa shape index (κ2) is 8.10. The van der Waals surface area contributed by atoms with Gasteiger partial charge in [0, 0.05) is 58.5 Å². The zero-order valence-corrected chi connectivity index (χ0v) is 17.6. The number of hydrogen-bond acceptors (Lipinski definition) is 3. The van der Waals surface area contributed by atoms with Crippen LogP contribution in [0.4, 0.5) is 4.39 Å². The van der Waals surface area contributed by atoms with Crippen molar-refractivity contribution in [3.63, 3.8) is 0 Å². The van der Waals surface area contributed by atoms with E-state index in [1.165, 1.54) is 12.1 Å². The molecular weight excluding hydrogens is 413 g/mol. The van der Waals surface area contributed by atoms with Crippen LogP contribution in [0.1, 0.15) is 0 Å².